The Hall–Kier alpha value is -1.50. The van der Waals surface area contributed by atoms with Gasteiger partial charge in [-0.1, -0.05) is 0 Å². The first-order chi connectivity index (χ1) is 14.7. The van der Waals surface area contributed by atoms with Crippen LogP contribution < -0.4 is 5.32 Å². The van der Waals surface area contributed by atoms with E-state index >= 15 is 0 Å². The van der Waals surface area contributed by atoms with E-state index in [9.17, 15) is 9.59 Å². The summed E-state index contributed by atoms with van der Waals surface area (Å²) in [6.07, 6.45) is -3.60. The molecule has 0 aromatic rings. The highest BCUT2D eigenvalue weighted by molar-refractivity contribution is 5.81. The van der Waals surface area contributed by atoms with Crippen molar-refractivity contribution in [3.63, 3.8) is 0 Å². The topological polar surface area (TPSA) is 120 Å². The first-order valence-corrected chi connectivity index (χ1v) is 10.7. The van der Waals surface area contributed by atoms with Crippen molar-refractivity contribution in [1.82, 2.24) is 5.32 Å². The summed E-state index contributed by atoms with van der Waals surface area (Å²) in [4.78, 5) is 24.4. The van der Waals surface area contributed by atoms with Crippen molar-refractivity contribution in [2.24, 2.45) is 0 Å². The molecule has 0 aromatic heterocycles. The van der Waals surface area contributed by atoms with E-state index in [1.54, 1.807) is 34.6 Å². The molecule has 3 rings (SSSR count). The van der Waals surface area contributed by atoms with Crippen LogP contribution in [0.1, 0.15) is 48.5 Å². The lowest BCUT2D eigenvalue weighted by molar-refractivity contribution is -0.370. The number of carbonyl (C=O) groups is 2. The van der Waals surface area contributed by atoms with Gasteiger partial charge in [0.25, 0.3) is 0 Å². The summed E-state index contributed by atoms with van der Waals surface area (Å²) >= 11 is 0. The molecule has 184 valence electrons. The molecule has 32 heavy (non-hydrogen) atoms. The molecule has 0 radical (unpaired) electrons. The van der Waals surface area contributed by atoms with Gasteiger partial charge < -0.3 is 43.2 Å². The number of ether oxygens (including phenoxy) is 8. The van der Waals surface area contributed by atoms with E-state index in [1.807, 2.05) is 13.8 Å². The minimum Gasteiger partial charge on any atom is -0.467 e. The average molecular weight is 462 g/mol. The van der Waals surface area contributed by atoms with Crippen LogP contribution in [0.5, 0.6) is 0 Å². The molecule has 3 aliphatic heterocycles. The number of nitrogens with one attached hydrogen (secondary N) is 1. The molecule has 1 amide bonds. The Bertz CT molecular complexity index is 703. The molecule has 0 bridgehead atoms. The lowest BCUT2D eigenvalue weighted by Gasteiger charge is -2.48. The molecule has 0 saturated carbocycles. The zero-order chi connectivity index (χ0) is 23.9. The summed E-state index contributed by atoms with van der Waals surface area (Å²) in [6, 6.07) is -1.11. The Kier molecular flexibility index (Phi) is 7.09. The highest BCUT2D eigenvalue weighted by Gasteiger charge is 2.59. The number of alkyl carbamates (subject to hydrolysis) is 1. The largest absolute Gasteiger partial charge is 0.467 e. The van der Waals surface area contributed by atoms with Gasteiger partial charge in [0.05, 0.1) is 20.3 Å². The van der Waals surface area contributed by atoms with Crippen molar-refractivity contribution in [2.75, 3.05) is 20.3 Å². The SMILES string of the molecule is COC(=O)[C@H](CO[C@H]1O[C@@H]2COC(C)(C)O[C@H]2[C@@H]2OC(C)(C)O[C@H]12)NC(=O)OC(C)(C)C. The van der Waals surface area contributed by atoms with Crippen LogP contribution in [0.3, 0.4) is 0 Å². The van der Waals surface area contributed by atoms with Crippen LogP contribution in [0.15, 0.2) is 0 Å². The number of amides is 1. The van der Waals surface area contributed by atoms with Crippen LogP contribution in [0.4, 0.5) is 4.79 Å². The third kappa shape index (κ3) is 6.09. The molecule has 0 aromatic carbocycles. The summed E-state index contributed by atoms with van der Waals surface area (Å²) in [5.74, 6) is -2.35. The summed E-state index contributed by atoms with van der Waals surface area (Å²) in [7, 11) is 1.22. The lowest BCUT2D eigenvalue weighted by Crippen LogP contribution is -2.64. The zero-order valence-electron chi connectivity index (χ0n) is 20.0. The fourth-order valence-corrected chi connectivity index (χ4v) is 3.83. The van der Waals surface area contributed by atoms with Gasteiger partial charge in [-0.3, -0.25) is 0 Å². The first kappa shape index (κ1) is 25.1. The molecule has 3 aliphatic rings. The average Bonchev–Trinajstić information content (AvgIpc) is 2.98. The number of esters is 1. The minimum absolute atomic E-state index is 0.228. The van der Waals surface area contributed by atoms with Crippen molar-refractivity contribution in [1.29, 1.82) is 0 Å². The van der Waals surface area contributed by atoms with E-state index in [2.05, 4.69) is 5.32 Å². The first-order valence-electron chi connectivity index (χ1n) is 10.7. The van der Waals surface area contributed by atoms with E-state index in [0.717, 1.165) is 0 Å². The van der Waals surface area contributed by atoms with E-state index in [4.69, 9.17) is 37.9 Å². The molecule has 1 N–H and O–H groups in total. The number of hydrogen-bond donors (Lipinski definition) is 1. The number of hydrogen-bond acceptors (Lipinski definition) is 10. The second-order valence-electron chi connectivity index (χ2n) is 9.96. The predicted octanol–water partition coefficient (Wildman–Crippen LogP) is 1.47. The van der Waals surface area contributed by atoms with Crippen molar-refractivity contribution in [3.05, 3.63) is 0 Å². The van der Waals surface area contributed by atoms with Gasteiger partial charge in [0.15, 0.2) is 23.9 Å². The number of fused-ring (bicyclic) bond motifs is 3. The molecule has 3 heterocycles. The highest BCUT2D eigenvalue weighted by Crippen LogP contribution is 2.42. The van der Waals surface area contributed by atoms with Crippen molar-refractivity contribution in [2.45, 2.75) is 102 Å². The monoisotopic (exact) mass is 461 g/mol. The summed E-state index contributed by atoms with van der Waals surface area (Å²) < 4.78 is 45.9. The predicted molar refractivity (Wildman–Crippen MR) is 109 cm³/mol. The molecule has 11 heteroatoms. The second-order valence-corrected chi connectivity index (χ2v) is 9.96. The van der Waals surface area contributed by atoms with Gasteiger partial charge in [0.1, 0.15) is 30.0 Å². The van der Waals surface area contributed by atoms with Crippen molar-refractivity contribution < 1.29 is 47.5 Å². The summed E-state index contributed by atoms with van der Waals surface area (Å²) in [6.45, 7) is 12.4. The zero-order valence-corrected chi connectivity index (χ0v) is 20.0. The molecule has 0 unspecified atom stereocenters. The fourth-order valence-electron chi connectivity index (χ4n) is 3.83. The van der Waals surface area contributed by atoms with Crippen LogP contribution in [-0.2, 0) is 42.7 Å². The Morgan fingerprint density at radius 1 is 1.03 bits per heavy atom. The van der Waals surface area contributed by atoms with Crippen LogP contribution >= 0.6 is 0 Å². The van der Waals surface area contributed by atoms with Crippen molar-refractivity contribution in [3.8, 4) is 0 Å². The molecule has 0 aliphatic carbocycles. The molecular weight excluding hydrogens is 426 g/mol. The van der Waals surface area contributed by atoms with Crippen LogP contribution in [0, 0.1) is 0 Å². The van der Waals surface area contributed by atoms with Gasteiger partial charge in [-0.25, -0.2) is 9.59 Å². The van der Waals surface area contributed by atoms with Crippen LogP contribution in [0.2, 0.25) is 0 Å². The van der Waals surface area contributed by atoms with Gasteiger partial charge in [-0.15, -0.1) is 0 Å². The number of rotatable bonds is 5. The number of methoxy groups -OCH3 is 1. The van der Waals surface area contributed by atoms with E-state index in [0.29, 0.717) is 0 Å². The van der Waals surface area contributed by atoms with Gasteiger partial charge in [0, 0.05) is 0 Å². The molecule has 3 saturated heterocycles. The molecule has 6 atom stereocenters. The van der Waals surface area contributed by atoms with Gasteiger partial charge in [0.2, 0.25) is 0 Å². The molecule has 11 nitrogen and oxygen atoms in total. The number of carbonyl (C=O) groups excluding carboxylic acids is 2. The maximum Gasteiger partial charge on any atom is 0.408 e. The summed E-state index contributed by atoms with van der Waals surface area (Å²) in [5, 5.41) is 2.47. The van der Waals surface area contributed by atoms with E-state index in [1.165, 1.54) is 7.11 Å². The van der Waals surface area contributed by atoms with Gasteiger partial charge in [-0.05, 0) is 48.5 Å². The second kappa shape index (κ2) is 9.03. The van der Waals surface area contributed by atoms with Crippen LogP contribution in [-0.4, -0.2) is 86.3 Å². The Labute approximate surface area is 188 Å². The molecule has 0 spiro atoms. The fraction of sp³-hybridized carbons (Fsp3) is 0.905. The maximum absolute atomic E-state index is 12.2. The summed E-state index contributed by atoms with van der Waals surface area (Å²) in [5.41, 5.74) is -0.726. The van der Waals surface area contributed by atoms with E-state index < -0.39 is 66.0 Å². The molecule has 3 fully saturated rings. The van der Waals surface area contributed by atoms with Crippen molar-refractivity contribution >= 4 is 12.1 Å². The maximum atomic E-state index is 12.2. The van der Waals surface area contributed by atoms with Gasteiger partial charge >= 0.3 is 12.1 Å². The third-order valence-corrected chi connectivity index (χ3v) is 5.05. The Morgan fingerprint density at radius 2 is 1.66 bits per heavy atom. The highest BCUT2D eigenvalue weighted by atomic mass is 16.8. The lowest BCUT2D eigenvalue weighted by atomic mass is 9.97. The normalized spacial score (nSPS) is 34.1. The van der Waals surface area contributed by atoms with E-state index in [-0.39, 0.29) is 13.2 Å². The third-order valence-electron chi connectivity index (χ3n) is 5.05. The smallest absolute Gasteiger partial charge is 0.408 e. The standard InChI is InChI=1S/C21H35NO10/c1-19(2,3)32-18(24)22-11(16(23)25-8)9-26-17-15-14(30-21(6,7)31-15)13-12(28-17)10-27-20(4,5)29-13/h11-15,17H,9-10H2,1-8H3,(H,22,24)/t11-,12+,13+,14-,15-,17-/m0/s1. The van der Waals surface area contributed by atoms with Crippen LogP contribution in [0.25, 0.3) is 0 Å². The quantitative estimate of drug-likeness (QED) is 0.603. The van der Waals surface area contributed by atoms with Gasteiger partial charge in [-0.2, -0.15) is 0 Å². The minimum atomic E-state index is -1.11. The molecular formula is C21H35NO10. The Balaban J connectivity index is 1.69. The Morgan fingerprint density at radius 3 is 2.28 bits per heavy atom.